The van der Waals surface area contributed by atoms with Crippen molar-refractivity contribution in [1.82, 2.24) is 5.32 Å². The van der Waals surface area contributed by atoms with Crippen molar-refractivity contribution in [3.8, 4) is 0 Å². The van der Waals surface area contributed by atoms with Gasteiger partial charge in [-0.2, -0.15) is 0 Å². The lowest BCUT2D eigenvalue weighted by molar-refractivity contribution is -0.126. The molecule has 92 valence electrons. The second-order valence-electron chi connectivity index (χ2n) is 6.29. The zero-order valence-electron chi connectivity index (χ0n) is 10.5. The third-order valence-corrected chi connectivity index (χ3v) is 4.82. The number of carbonyl (C=O) groups is 2. The van der Waals surface area contributed by atoms with E-state index in [9.17, 15) is 9.59 Å². The van der Waals surface area contributed by atoms with Gasteiger partial charge in [0.2, 0.25) is 11.8 Å². The third-order valence-electron chi connectivity index (χ3n) is 4.82. The first-order chi connectivity index (χ1) is 7.99. The van der Waals surface area contributed by atoms with Crippen LogP contribution in [0.25, 0.3) is 0 Å². The number of imide groups is 1. The van der Waals surface area contributed by atoms with Crippen molar-refractivity contribution in [2.45, 2.75) is 46.0 Å². The molecule has 1 fully saturated rings. The van der Waals surface area contributed by atoms with E-state index in [1.807, 2.05) is 0 Å². The Kier molecular flexibility index (Phi) is 2.22. The van der Waals surface area contributed by atoms with Crippen molar-refractivity contribution in [1.29, 1.82) is 0 Å². The smallest absolute Gasteiger partial charge is 0.230 e. The zero-order valence-corrected chi connectivity index (χ0v) is 10.5. The molecule has 1 aliphatic heterocycles. The lowest BCUT2D eigenvalue weighted by Crippen LogP contribution is -2.31. The van der Waals surface area contributed by atoms with Crippen molar-refractivity contribution < 1.29 is 9.59 Å². The van der Waals surface area contributed by atoms with Crippen LogP contribution in [0.15, 0.2) is 11.1 Å². The van der Waals surface area contributed by atoms with Gasteiger partial charge in [-0.25, -0.2) is 0 Å². The van der Waals surface area contributed by atoms with Crippen LogP contribution in [-0.2, 0) is 9.59 Å². The molecule has 0 aromatic heterocycles. The SMILES string of the molecule is CC1(C)CCCC2=C1C[C@H]1C(=O)NC(=O)[C@H]1C2. The molecular weight excluding hydrogens is 214 g/mol. The highest BCUT2D eigenvalue weighted by molar-refractivity contribution is 6.05. The Morgan fingerprint density at radius 3 is 2.47 bits per heavy atom. The van der Waals surface area contributed by atoms with Crippen molar-refractivity contribution in [2.75, 3.05) is 0 Å². The van der Waals surface area contributed by atoms with Crippen LogP contribution in [0.4, 0.5) is 0 Å². The second kappa shape index (κ2) is 3.44. The summed E-state index contributed by atoms with van der Waals surface area (Å²) in [7, 11) is 0. The van der Waals surface area contributed by atoms with Crippen molar-refractivity contribution in [2.24, 2.45) is 17.3 Å². The largest absolute Gasteiger partial charge is 0.296 e. The summed E-state index contributed by atoms with van der Waals surface area (Å²) >= 11 is 0. The number of carbonyl (C=O) groups excluding carboxylic acids is 2. The van der Waals surface area contributed by atoms with E-state index >= 15 is 0 Å². The number of rotatable bonds is 0. The molecular formula is C14H19NO2. The molecule has 0 spiro atoms. The summed E-state index contributed by atoms with van der Waals surface area (Å²) in [6, 6.07) is 0. The van der Waals surface area contributed by atoms with Crippen molar-refractivity contribution in [3.05, 3.63) is 11.1 Å². The van der Waals surface area contributed by atoms with Crippen LogP contribution < -0.4 is 5.32 Å². The maximum atomic E-state index is 11.7. The molecule has 1 N–H and O–H groups in total. The van der Waals surface area contributed by atoms with Gasteiger partial charge in [0.1, 0.15) is 0 Å². The van der Waals surface area contributed by atoms with E-state index in [2.05, 4.69) is 19.2 Å². The molecule has 3 rings (SSSR count). The van der Waals surface area contributed by atoms with E-state index < -0.39 is 0 Å². The molecule has 1 heterocycles. The Labute approximate surface area is 102 Å². The molecule has 3 nitrogen and oxygen atoms in total. The van der Waals surface area contributed by atoms with Gasteiger partial charge in [0, 0.05) is 0 Å². The molecule has 3 heteroatoms. The molecule has 0 radical (unpaired) electrons. The number of allylic oxidation sites excluding steroid dienone is 2. The number of hydrogen-bond donors (Lipinski definition) is 1. The first-order valence-electron chi connectivity index (χ1n) is 6.55. The fraction of sp³-hybridized carbons (Fsp3) is 0.714. The van der Waals surface area contributed by atoms with Gasteiger partial charge in [-0.1, -0.05) is 25.0 Å². The lowest BCUT2D eigenvalue weighted by atomic mass is 9.63. The van der Waals surface area contributed by atoms with Crippen LogP contribution in [0.3, 0.4) is 0 Å². The monoisotopic (exact) mass is 233 g/mol. The van der Waals surface area contributed by atoms with E-state index in [1.54, 1.807) is 0 Å². The molecule has 2 amide bonds. The molecule has 17 heavy (non-hydrogen) atoms. The van der Waals surface area contributed by atoms with Gasteiger partial charge in [-0.3, -0.25) is 14.9 Å². The predicted molar refractivity (Wildman–Crippen MR) is 64.0 cm³/mol. The van der Waals surface area contributed by atoms with Crippen LogP contribution in [0.5, 0.6) is 0 Å². The summed E-state index contributed by atoms with van der Waals surface area (Å²) in [6.45, 7) is 4.55. The van der Waals surface area contributed by atoms with Gasteiger partial charge in [-0.15, -0.1) is 0 Å². The van der Waals surface area contributed by atoms with E-state index in [0.717, 1.165) is 19.3 Å². The fourth-order valence-electron chi connectivity index (χ4n) is 3.80. The minimum Gasteiger partial charge on any atom is -0.296 e. The quantitative estimate of drug-likeness (QED) is 0.515. The second-order valence-corrected chi connectivity index (χ2v) is 6.29. The van der Waals surface area contributed by atoms with Crippen molar-refractivity contribution in [3.63, 3.8) is 0 Å². The molecule has 0 saturated carbocycles. The molecule has 0 aromatic rings. The first kappa shape index (κ1) is 11.0. The number of hydrogen-bond acceptors (Lipinski definition) is 2. The minimum absolute atomic E-state index is 0.0464. The van der Waals surface area contributed by atoms with Crippen LogP contribution in [0, 0.1) is 17.3 Å². The fourth-order valence-corrected chi connectivity index (χ4v) is 3.80. The number of amides is 2. The molecule has 1 saturated heterocycles. The standard InChI is InChI=1S/C14H19NO2/c1-14(2)5-3-4-8-6-9-10(7-11(8)14)13(17)15-12(9)16/h9-10H,3-7H2,1-2H3,(H,15,16,17)/t9-,10+/m0/s1. The molecule has 0 aromatic carbocycles. The van der Waals surface area contributed by atoms with Gasteiger partial charge in [-0.05, 0) is 37.5 Å². The van der Waals surface area contributed by atoms with Gasteiger partial charge in [0.05, 0.1) is 11.8 Å². The molecule has 0 unspecified atom stereocenters. The molecule has 0 bridgehead atoms. The Hall–Kier alpha value is -1.12. The number of nitrogens with one attached hydrogen (secondary N) is 1. The highest BCUT2D eigenvalue weighted by Crippen LogP contribution is 2.50. The zero-order chi connectivity index (χ0) is 12.2. The average Bonchev–Trinajstić information content (AvgIpc) is 2.53. The summed E-state index contributed by atoms with van der Waals surface area (Å²) in [4.78, 5) is 23.5. The molecule has 2 atom stereocenters. The van der Waals surface area contributed by atoms with E-state index in [1.165, 1.54) is 24.0 Å². The Morgan fingerprint density at radius 1 is 1.12 bits per heavy atom. The summed E-state index contributed by atoms with van der Waals surface area (Å²) in [5, 5.41) is 2.49. The summed E-state index contributed by atoms with van der Waals surface area (Å²) in [6.07, 6.45) is 5.19. The summed E-state index contributed by atoms with van der Waals surface area (Å²) in [5.74, 6) is -0.253. The van der Waals surface area contributed by atoms with Crippen LogP contribution in [0.2, 0.25) is 0 Å². The highest BCUT2D eigenvalue weighted by Gasteiger charge is 2.47. The normalized spacial score (nSPS) is 35.4. The minimum atomic E-state index is -0.0846. The van der Waals surface area contributed by atoms with Gasteiger partial charge >= 0.3 is 0 Å². The van der Waals surface area contributed by atoms with Gasteiger partial charge < -0.3 is 0 Å². The van der Waals surface area contributed by atoms with Crippen molar-refractivity contribution >= 4 is 11.8 Å². The maximum Gasteiger partial charge on any atom is 0.230 e. The summed E-state index contributed by atoms with van der Waals surface area (Å²) < 4.78 is 0. The lowest BCUT2D eigenvalue weighted by Gasteiger charge is -2.40. The highest BCUT2D eigenvalue weighted by atomic mass is 16.2. The molecule has 2 aliphatic carbocycles. The first-order valence-corrected chi connectivity index (χ1v) is 6.55. The van der Waals surface area contributed by atoms with E-state index in [0.29, 0.717) is 0 Å². The van der Waals surface area contributed by atoms with E-state index in [4.69, 9.17) is 0 Å². The molecule has 3 aliphatic rings. The van der Waals surface area contributed by atoms with Crippen LogP contribution in [0.1, 0.15) is 46.0 Å². The predicted octanol–water partition coefficient (Wildman–Crippen LogP) is 2.18. The van der Waals surface area contributed by atoms with Gasteiger partial charge in [0.25, 0.3) is 0 Å². The third kappa shape index (κ3) is 1.55. The summed E-state index contributed by atoms with van der Waals surface area (Å²) in [5.41, 5.74) is 3.16. The maximum absolute atomic E-state index is 11.7. The number of fused-ring (bicyclic) bond motifs is 1. The van der Waals surface area contributed by atoms with Crippen LogP contribution >= 0.6 is 0 Å². The van der Waals surface area contributed by atoms with Crippen LogP contribution in [-0.4, -0.2) is 11.8 Å². The Morgan fingerprint density at radius 2 is 1.76 bits per heavy atom. The topological polar surface area (TPSA) is 46.2 Å². The van der Waals surface area contributed by atoms with Gasteiger partial charge in [0.15, 0.2) is 0 Å². The average molecular weight is 233 g/mol. The Bertz CT molecular complexity index is 434. The Balaban J connectivity index is 1.98. The van der Waals surface area contributed by atoms with E-state index in [-0.39, 0.29) is 29.1 Å².